The summed E-state index contributed by atoms with van der Waals surface area (Å²) in [5, 5.41) is 12.5. The lowest BCUT2D eigenvalue weighted by molar-refractivity contribution is -0.127. The molecule has 1 saturated heterocycles. The van der Waals surface area contributed by atoms with Crippen LogP contribution in [0.25, 0.3) is 0 Å². The van der Waals surface area contributed by atoms with Gasteiger partial charge in [-0.3, -0.25) is 9.69 Å². The zero-order chi connectivity index (χ0) is 16.2. The highest BCUT2D eigenvalue weighted by Crippen LogP contribution is 2.37. The van der Waals surface area contributed by atoms with Crippen molar-refractivity contribution in [3.63, 3.8) is 0 Å². The zero-order valence-corrected chi connectivity index (χ0v) is 13.5. The maximum absolute atomic E-state index is 12.8. The van der Waals surface area contributed by atoms with Gasteiger partial charge in [-0.1, -0.05) is 18.2 Å². The lowest BCUT2D eigenvalue weighted by Gasteiger charge is -2.27. The molecule has 1 aliphatic heterocycles. The quantitative estimate of drug-likeness (QED) is 0.875. The van der Waals surface area contributed by atoms with Crippen LogP contribution in [0.15, 0.2) is 24.3 Å². The molecule has 122 valence electrons. The number of amides is 1. The zero-order valence-electron chi connectivity index (χ0n) is 13.5. The van der Waals surface area contributed by atoms with Gasteiger partial charge < -0.3 is 10.1 Å². The molecule has 0 bridgehead atoms. The van der Waals surface area contributed by atoms with E-state index in [2.05, 4.69) is 16.3 Å². The molecule has 1 aromatic carbocycles. The Kier molecular flexibility index (Phi) is 4.82. The molecular formula is C18H23N3O2. The van der Waals surface area contributed by atoms with Crippen LogP contribution in [-0.2, 0) is 4.79 Å². The van der Waals surface area contributed by atoms with E-state index >= 15 is 0 Å². The highest BCUT2D eigenvalue weighted by atomic mass is 16.5. The summed E-state index contributed by atoms with van der Waals surface area (Å²) in [5.41, 5.74) is 0.710. The van der Waals surface area contributed by atoms with Crippen LogP contribution >= 0.6 is 0 Å². The number of nitriles is 1. The number of nitrogens with one attached hydrogen (secondary N) is 1. The number of hydrogen-bond acceptors (Lipinski definition) is 4. The molecule has 1 amide bonds. The smallest absolute Gasteiger partial charge is 0.238 e. The topological polar surface area (TPSA) is 65.4 Å². The van der Waals surface area contributed by atoms with Crippen molar-refractivity contribution in [2.75, 3.05) is 20.2 Å². The Labute approximate surface area is 137 Å². The Morgan fingerprint density at radius 2 is 2.04 bits per heavy atom. The molecule has 2 aliphatic rings. The molecule has 1 aromatic rings. The standard InChI is InChI=1S/C18H23N3O2/c1-23-16-7-3-2-6-14(16)15(12-19)20-18(22)17(13-8-9-13)21-10-4-5-11-21/h2-3,6-7,13,15,17H,4-5,8-11H2,1H3,(H,20,22)/t15-,17+/m0/s1. The monoisotopic (exact) mass is 313 g/mol. The van der Waals surface area contributed by atoms with Gasteiger partial charge in [-0.15, -0.1) is 0 Å². The second-order valence-electron chi connectivity index (χ2n) is 6.34. The van der Waals surface area contributed by atoms with E-state index in [1.165, 1.54) is 0 Å². The maximum atomic E-state index is 12.8. The molecule has 1 aliphatic carbocycles. The lowest BCUT2D eigenvalue weighted by Crippen LogP contribution is -2.48. The van der Waals surface area contributed by atoms with Crippen molar-refractivity contribution < 1.29 is 9.53 Å². The highest BCUT2D eigenvalue weighted by Gasteiger charge is 2.41. The summed E-state index contributed by atoms with van der Waals surface area (Å²) >= 11 is 0. The number of benzene rings is 1. The summed E-state index contributed by atoms with van der Waals surface area (Å²) in [6.45, 7) is 1.97. The second kappa shape index (κ2) is 7.01. The van der Waals surface area contributed by atoms with Gasteiger partial charge in [-0.05, 0) is 50.8 Å². The molecule has 3 rings (SSSR count). The molecular weight excluding hydrogens is 290 g/mol. The molecule has 2 atom stereocenters. The Hall–Kier alpha value is -2.06. The van der Waals surface area contributed by atoms with E-state index in [4.69, 9.17) is 4.74 Å². The molecule has 1 saturated carbocycles. The normalized spacial score (nSPS) is 20.5. The fraction of sp³-hybridized carbons (Fsp3) is 0.556. The Balaban J connectivity index is 1.75. The fourth-order valence-electron chi connectivity index (χ4n) is 3.42. The van der Waals surface area contributed by atoms with Crippen LogP contribution in [0.1, 0.15) is 37.3 Å². The summed E-state index contributed by atoms with van der Waals surface area (Å²) in [6.07, 6.45) is 4.54. The van der Waals surface area contributed by atoms with Gasteiger partial charge in [-0.25, -0.2) is 0 Å². The van der Waals surface area contributed by atoms with Crippen molar-refractivity contribution in [2.45, 2.75) is 37.8 Å². The van der Waals surface area contributed by atoms with Gasteiger partial charge >= 0.3 is 0 Å². The van der Waals surface area contributed by atoms with E-state index in [1.54, 1.807) is 7.11 Å². The third-order valence-corrected chi connectivity index (χ3v) is 4.74. The van der Waals surface area contributed by atoms with Gasteiger partial charge in [0.15, 0.2) is 0 Å². The molecule has 23 heavy (non-hydrogen) atoms. The van der Waals surface area contributed by atoms with Crippen molar-refractivity contribution in [1.29, 1.82) is 5.26 Å². The number of hydrogen-bond donors (Lipinski definition) is 1. The lowest BCUT2D eigenvalue weighted by atomic mass is 10.0. The first-order valence-corrected chi connectivity index (χ1v) is 8.31. The van der Waals surface area contributed by atoms with Crippen LogP contribution in [-0.4, -0.2) is 37.0 Å². The number of rotatable bonds is 6. The SMILES string of the molecule is COc1ccccc1[C@H](C#N)NC(=O)[C@@H](C1CC1)N1CCCC1. The van der Waals surface area contributed by atoms with E-state index in [-0.39, 0.29) is 11.9 Å². The molecule has 5 heteroatoms. The fourth-order valence-corrected chi connectivity index (χ4v) is 3.42. The number of carbonyl (C=O) groups is 1. The third kappa shape index (κ3) is 3.48. The van der Waals surface area contributed by atoms with Crippen molar-refractivity contribution in [3.05, 3.63) is 29.8 Å². The second-order valence-corrected chi connectivity index (χ2v) is 6.34. The van der Waals surface area contributed by atoms with Gasteiger partial charge in [-0.2, -0.15) is 5.26 Å². The average molecular weight is 313 g/mol. The van der Waals surface area contributed by atoms with Gasteiger partial charge in [0, 0.05) is 5.56 Å². The van der Waals surface area contributed by atoms with Crippen molar-refractivity contribution in [1.82, 2.24) is 10.2 Å². The van der Waals surface area contributed by atoms with Crippen LogP contribution in [0, 0.1) is 17.2 Å². The molecule has 0 unspecified atom stereocenters. The number of ether oxygens (including phenoxy) is 1. The van der Waals surface area contributed by atoms with Gasteiger partial charge in [0.05, 0.1) is 19.2 Å². The molecule has 2 fully saturated rings. The van der Waals surface area contributed by atoms with E-state index in [9.17, 15) is 10.1 Å². The van der Waals surface area contributed by atoms with E-state index in [0.29, 0.717) is 17.2 Å². The Morgan fingerprint density at radius 3 is 2.65 bits per heavy atom. The van der Waals surface area contributed by atoms with Crippen LogP contribution in [0.2, 0.25) is 0 Å². The minimum absolute atomic E-state index is 0.0214. The first kappa shape index (κ1) is 15.8. The molecule has 1 heterocycles. The minimum atomic E-state index is -0.678. The van der Waals surface area contributed by atoms with Crippen molar-refractivity contribution in [2.24, 2.45) is 5.92 Å². The summed E-state index contributed by atoms with van der Waals surface area (Å²) in [6, 6.07) is 8.79. The van der Waals surface area contributed by atoms with E-state index in [1.807, 2.05) is 24.3 Å². The van der Waals surface area contributed by atoms with Crippen LogP contribution in [0.4, 0.5) is 0 Å². The highest BCUT2D eigenvalue weighted by molar-refractivity contribution is 5.83. The summed E-state index contributed by atoms with van der Waals surface area (Å²) in [5.74, 6) is 1.06. The molecule has 0 aromatic heterocycles. The molecule has 0 radical (unpaired) electrons. The van der Waals surface area contributed by atoms with Crippen LogP contribution in [0.5, 0.6) is 5.75 Å². The van der Waals surface area contributed by atoms with Gasteiger partial charge in [0.25, 0.3) is 0 Å². The van der Waals surface area contributed by atoms with E-state index in [0.717, 1.165) is 38.8 Å². The predicted octanol–water partition coefficient (Wildman–Crippen LogP) is 2.25. The largest absolute Gasteiger partial charge is 0.496 e. The summed E-state index contributed by atoms with van der Waals surface area (Å²) in [4.78, 5) is 15.1. The third-order valence-electron chi connectivity index (χ3n) is 4.74. The molecule has 5 nitrogen and oxygen atoms in total. The van der Waals surface area contributed by atoms with Crippen LogP contribution < -0.4 is 10.1 Å². The summed E-state index contributed by atoms with van der Waals surface area (Å²) in [7, 11) is 1.58. The van der Waals surface area contributed by atoms with Crippen molar-refractivity contribution in [3.8, 4) is 11.8 Å². The first-order chi connectivity index (χ1) is 11.2. The van der Waals surface area contributed by atoms with Gasteiger partial charge in [0.1, 0.15) is 11.8 Å². The Morgan fingerprint density at radius 1 is 1.35 bits per heavy atom. The molecule has 0 spiro atoms. The van der Waals surface area contributed by atoms with Crippen LogP contribution in [0.3, 0.4) is 0 Å². The van der Waals surface area contributed by atoms with Crippen molar-refractivity contribution >= 4 is 5.91 Å². The molecule has 1 N–H and O–H groups in total. The van der Waals surface area contributed by atoms with E-state index < -0.39 is 6.04 Å². The first-order valence-electron chi connectivity index (χ1n) is 8.31. The Bertz CT molecular complexity index is 601. The number of carbonyl (C=O) groups excluding carboxylic acids is 1. The summed E-state index contributed by atoms with van der Waals surface area (Å²) < 4.78 is 5.32. The van der Waals surface area contributed by atoms with Gasteiger partial charge in [0.2, 0.25) is 5.91 Å². The number of methoxy groups -OCH3 is 1. The maximum Gasteiger partial charge on any atom is 0.238 e. The average Bonchev–Trinajstić information content (AvgIpc) is 3.26. The predicted molar refractivity (Wildman–Crippen MR) is 86.8 cm³/mol. The number of para-hydroxylation sites is 1. The number of likely N-dealkylation sites (tertiary alicyclic amines) is 1. The minimum Gasteiger partial charge on any atom is -0.496 e. The number of nitrogens with zero attached hydrogens (tertiary/aromatic N) is 2.